The van der Waals surface area contributed by atoms with Gasteiger partial charge in [0.15, 0.2) is 0 Å². The fraction of sp³-hybridized carbons (Fsp3) is 0.750. The number of nitrogens with one attached hydrogen (secondary N) is 2. The van der Waals surface area contributed by atoms with Crippen molar-refractivity contribution in [2.24, 2.45) is 17.8 Å². The molecule has 2 N–H and O–H groups in total. The third-order valence-electron chi connectivity index (χ3n) is 5.85. The number of aromatic nitrogens is 2. The van der Waals surface area contributed by atoms with E-state index in [2.05, 4.69) is 22.4 Å². The van der Waals surface area contributed by atoms with Crippen molar-refractivity contribution in [1.82, 2.24) is 15.5 Å². The van der Waals surface area contributed by atoms with E-state index >= 15 is 0 Å². The highest BCUT2D eigenvalue weighted by Crippen LogP contribution is 2.45. The second-order valence-electron chi connectivity index (χ2n) is 7.09. The Morgan fingerprint density at radius 1 is 1.35 bits per heavy atom. The normalized spacial score (nSPS) is 38.8. The molecule has 5 unspecified atom stereocenters. The number of hydrogen-bond acceptors (Lipinski definition) is 2. The Bertz CT molecular complexity index is 524. The average Bonchev–Trinajstić information content (AvgIpc) is 3.13. The van der Waals surface area contributed by atoms with Gasteiger partial charge in [-0.1, -0.05) is 13.3 Å². The summed E-state index contributed by atoms with van der Waals surface area (Å²) >= 11 is 0. The topological polar surface area (TPSA) is 57.8 Å². The summed E-state index contributed by atoms with van der Waals surface area (Å²) in [5.41, 5.74) is 2.29. The number of nitrogens with zero attached hydrogens (tertiary/aromatic N) is 1. The van der Waals surface area contributed by atoms with Gasteiger partial charge in [0, 0.05) is 17.3 Å². The predicted molar refractivity (Wildman–Crippen MR) is 76.2 cm³/mol. The lowest BCUT2D eigenvalue weighted by molar-refractivity contribution is -0.125. The van der Waals surface area contributed by atoms with Gasteiger partial charge in [0.05, 0.1) is 12.1 Å². The number of amides is 1. The van der Waals surface area contributed by atoms with E-state index in [1.54, 1.807) is 0 Å². The molecule has 3 aliphatic rings. The Morgan fingerprint density at radius 2 is 2.25 bits per heavy atom. The maximum atomic E-state index is 12.7. The number of H-pyrrole nitrogens is 1. The number of rotatable bonds is 2. The lowest BCUT2D eigenvalue weighted by Gasteiger charge is -2.30. The van der Waals surface area contributed by atoms with Crippen LogP contribution < -0.4 is 5.32 Å². The second-order valence-corrected chi connectivity index (χ2v) is 7.09. The average molecular weight is 273 g/mol. The molecule has 3 aliphatic carbocycles. The van der Waals surface area contributed by atoms with Gasteiger partial charge in [-0.3, -0.25) is 9.89 Å². The van der Waals surface area contributed by atoms with Crippen LogP contribution in [0.4, 0.5) is 0 Å². The molecule has 5 atom stereocenters. The van der Waals surface area contributed by atoms with Crippen molar-refractivity contribution in [3.05, 3.63) is 17.5 Å². The van der Waals surface area contributed by atoms with Crippen LogP contribution in [0.1, 0.15) is 56.2 Å². The van der Waals surface area contributed by atoms with Crippen LogP contribution in [0.25, 0.3) is 0 Å². The minimum atomic E-state index is -0.00312. The van der Waals surface area contributed by atoms with Gasteiger partial charge >= 0.3 is 0 Å². The zero-order valence-electron chi connectivity index (χ0n) is 12.1. The van der Waals surface area contributed by atoms with Crippen LogP contribution in [0.3, 0.4) is 0 Å². The van der Waals surface area contributed by atoms with Gasteiger partial charge in [-0.15, -0.1) is 0 Å². The van der Waals surface area contributed by atoms with Crippen molar-refractivity contribution in [2.75, 3.05) is 0 Å². The van der Waals surface area contributed by atoms with E-state index in [1.807, 2.05) is 6.20 Å². The van der Waals surface area contributed by atoms with Crippen LogP contribution >= 0.6 is 0 Å². The Kier molecular flexibility index (Phi) is 2.86. The first-order valence-electron chi connectivity index (χ1n) is 8.05. The van der Waals surface area contributed by atoms with Gasteiger partial charge in [0.25, 0.3) is 0 Å². The molecular weight excluding hydrogens is 250 g/mol. The molecule has 1 amide bonds. The van der Waals surface area contributed by atoms with Crippen LogP contribution in [0.2, 0.25) is 0 Å². The van der Waals surface area contributed by atoms with Crippen molar-refractivity contribution in [2.45, 2.75) is 57.4 Å². The van der Waals surface area contributed by atoms with E-state index in [0.717, 1.165) is 35.9 Å². The molecule has 4 rings (SSSR count). The fourth-order valence-corrected chi connectivity index (χ4v) is 4.73. The van der Waals surface area contributed by atoms with Gasteiger partial charge < -0.3 is 5.32 Å². The predicted octanol–water partition coefficient (Wildman–Crippen LogP) is 2.38. The number of carbonyl (C=O) groups is 1. The highest BCUT2D eigenvalue weighted by atomic mass is 16.2. The van der Waals surface area contributed by atoms with E-state index < -0.39 is 0 Å². The molecule has 20 heavy (non-hydrogen) atoms. The first-order chi connectivity index (χ1) is 9.72. The Balaban J connectivity index is 1.51. The van der Waals surface area contributed by atoms with E-state index in [4.69, 9.17) is 0 Å². The summed E-state index contributed by atoms with van der Waals surface area (Å²) in [6.07, 6.45) is 9.18. The molecule has 2 bridgehead atoms. The molecule has 0 aromatic carbocycles. The molecule has 108 valence electrons. The molecule has 1 heterocycles. The van der Waals surface area contributed by atoms with Crippen LogP contribution in [0.5, 0.6) is 0 Å². The first-order valence-corrected chi connectivity index (χ1v) is 8.05. The summed E-state index contributed by atoms with van der Waals surface area (Å²) in [5, 5.41) is 10.6. The smallest absolute Gasteiger partial charge is 0.228 e. The quantitative estimate of drug-likeness (QED) is 0.869. The third kappa shape index (κ3) is 1.88. The monoisotopic (exact) mass is 273 g/mol. The van der Waals surface area contributed by atoms with Gasteiger partial charge in [-0.25, -0.2) is 0 Å². The van der Waals surface area contributed by atoms with Crippen molar-refractivity contribution in [3.8, 4) is 0 Å². The first kappa shape index (κ1) is 12.4. The van der Waals surface area contributed by atoms with Crippen LogP contribution in [0, 0.1) is 17.8 Å². The number of carbonyl (C=O) groups excluding carboxylic acids is 1. The van der Waals surface area contributed by atoms with Crippen molar-refractivity contribution in [1.29, 1.82) is 0 Å². The molecule has 4 heteroatoms. The summed E-state index contributed by atoms with van der Waals surface area (Å²) in [6.45, 7) is 2.20. The van der Waals surface area contributed by atoms with Gasteiger partial charge in [-0.2, -0.15) is 5.10 Å². The molecule has 2 fully saturated rings. The number of aromatic amines is 1. The Labute approximate surface area is 119 Å². The summed E-state index contributed by atoms with van der Waals surface area (Å²) in [5.74, 6) is 2.26. The number of hydrogen-bond donors (Lipinski definition) is 2. The highest BCUT2D eigenvalue weighted by molar-refractivity contribution is 5.84. The lowest BCUT2D eigenvalue weighted by atomic mass is 9.78. The third-order valence-corrected chi connectivity index (χ3v) is 5.85. The molecule has 1 aromatic heterocycles. The van der Waals surface area contributed by atoms with Gasteiger partial charge in [-0.05, 0) is 49.9 Å². The van der Waals surface area contributed by atoms with Crippen molar-refractivity contribution in [3.63, 3.8) is 0 Å². The zero-order valence-corrected chi connectivity index (χ0v) is 12.1. The summed E-state index contributed by atoms with van der Waals surface area (Å²) < 4.78 is 0. The molecule has 2 saturated carbocycles. The summed E-state index contributed by atoms with van der Waals surface area (Å²) in [7, 11) is 0. The number of aryl methyl sites for hydroxylation is 1. The van der Waals surface area contributed by atoms with Gasteiger partial charge in [0.1, 0.15) is 0 Å². The highest BCUT2D eigenvalue weighted by Gasteiger charge is 2.42. The van der Waals surface area contributed by atoms with E-state index in [0.29, 0.717) is 12.0 Å². The number of fused-ring (bicyclic) bond motifs is 3. The van der Waals surface area contributed by atoms with E-state index in [9.17, 15) is 4.79 Å². The fourth-order valence-electron chi connectivity index (χ4n) is 4.73. The molecule has 4 nitrogen and oxygen atoms in total. The Hall–Kier alpha value is -1.32. The second kappa shape index (κ2) is 4.61. The van der Waals surface area contributed by atoms with Gasteiger partial charge in [0.2, 0.25) is 5.91 Å². The van der Waals surface area contributed by atoms with Crippen molar-refractivity contribution >= 4 is 5.91 Å². The lowest BCUT2D eigenvalue weighted by Crippen LogP contribution is -2.43. The largest absolute Gasteiger partial charge is 0.353 e. The van der Waals surface area contributed by atoms with Crippen molar-refractivity contribution < 1.29 is 4.79 Å². The summed E-state index contributed by atoms with van der Waals surface area (Å²) in [6, 6.07) is 0.436. The molecule has 0 radical (unpaired) electrons. The van der Waals surface area contributed by atoms with E-state index in [-0.39, 0.29) is 11.8 Å². The molecule has 0 aliphatic heterocycles. The summed E-state index contributed by atoms with van der Waals surface area (Å²) in [4.78, 5) is 12.7. The zero-order chi connectivity index (χ0) is 13.7. The molecule has 0 saturated heterocycles. The van der Waals surface area contributed by atoms with E-state index in [1.165, 1.54) is 25.7 Å². The maximum Gasteiger partial charge on any atom is 0.228 e. The molecule has 1 aromatic rings. The van der Waals surface area contributed by atoms with Crippen LogP contribution in [-0.2, 0) is 11.2 Å². The minimum Gasteiger partial charge on any atom is -0.353 e. The SMILES string of the molecule is CC1CCc2[nH]ncc2C1C(=O)NC1CC2CCC1C2. The van der Waals surface area contributed by atoms with Crippen LogP contribution in [-0.4, -0.2) is 22.1 Å². The standard InChI is InChI=1S/C16H23N3O/c1-9-2-5-13-12(8-17-19-13)15(9)16(20)18-14-7-10-3-4-11(14)6-10/h8-11,14-15H,2-7H2,1H3,(H,17,19)(H,18,20). The minimum absolute atomic E-state index is 0.00312. The Morgan fingerprint density at radius 3 is 3.00 bits per heavy atom. The van der Waals surface area contributed by atoms with Crippen LogP contribution in [0.15, 0.2) is 6.20 Å². The molecule has 0 spiro atoms. The maximum absolute atomic E-state index is 12.7. The molecular formula is C16H23N3O.